The quantitative estimate of drug-likeness (QED) is 0.805. The largest absolute Gasteiger partial charge is 0.386 e. The number of nitrogens with one attached hydrogen (secondary N) is 1. The van der Waals surface area contributed by atoms with Gasteiger partial charge in [-0.1, -0.05) is 6.92 Å². The van der Waals surface area contributed by atoms with Crippen LogP contribution >= 0.6 is 0 Å². The van der Waals surface area contributed by atoms with Gasteiger partial charge in [-0.25, -0.2) is 0 Å². The summed E-state index contributed by atoms with van der Waals surface area (Å²) in [6.45, 7) is 4.92. The van der Waals surface area contributed by atoms with E-state index in [1.807, 2.05) is 17.7 Å². The average molecular weight is 235 g/mol. The topological polar surface area (TPSA) is 79.6 Å². The summed E-state index contributed by atoms with van der Waals surface area (Å²) in [6, 6.07) is 2.03. The summed E-state index contributed by atoms with van der Waals surface area (Å²) >= 11 is 0. The van der Waals surface area contributed by atoms with Crippen LogP contribution in [-0.2, 0) is 19.4 Å². The molecule has 0 aliphatic carbocycles. The van der Waals surface area contributed by atoms with Crippen molar-refractivity contribution in [3.63, 3.8) is 0 Å². The van der Waals surface area contributed by atoms with Crippen molar-refractivity contribution in [3.8, 4) is 0 Å². The number of aliphatic hydroxyl groups excluding tert-OH is 1. The van der Waals surface area contributed by atoms with Gasteiger partial charge < -0.3 is 5.11 Å². The Morgan fingerprint density at radius 2 is 2.29 bits per heavy atom. The van der Waals surface area contributed by atoms with E-state index in [1.54, 1.807) is 0 Å². The standard InChI is InChI=1S/C11H17N5O/c1-3-8-5-9(16(4-2)14-8)6-11(17)10-7-12-15-13-10/h5,7,11,17H,3-4,6H2,1-2H3,(H,12,13,15). The zero-order chi connectivity index (χ0) is 12.3. The molecule has 6 heteroatoms. The van der Waals surface area contributed by atoms with Crippen LogP contribution in [0.4, 0.5) is 0 Å². The minimum atomic E-state index is -0.638. The van der Waals surface area contributed by atoms with Gasteiger partial charge in [0.15, 0.2) is 0 Å². The second-order valence-corrected chi connectivity index (χ2v) is 3.91. The number of hydrogen-bond acceptors (Lipinski definition) is 4. The van der Waals surface area contributed by atoms with Crippen LogP contribution in [0.1, 0.15) is 37.0 Å². The van der Waals surface area contributed by atoms with Crippen LogP contribution in [0.3, 0.4) is 0 Å². The molecule has 2 N–H and O–H groups in total. The van der Waals surface area contributed by atoms with Crippen LogP contribution in [0.2, 0.25) is 0 Å². The van der Waals surface area contributed by atoms with Gasteiger partial charge in [0.2, 0.25) is 0 Å². The molecule has 0 aliphatic rings. The first kappa shape index (κ1) is 11.8. The minimum absolute atomic E-state index is 0.507. The first-order valence-corrected chi connectivity index (χ1v) is 5.83. The molecule has 2 aromatic heterocycles. The zero-order valence-corrected chi connectivity index (χ0v) is 10.1. The molecule has 92 valence electrons. The lowest BCUT2D eigenvalue weighted by atomic mass is 10.1. The van der Waals surface area contributed by atoms with Gasteiger partial charge in [0.25, 0.3) is 0 Å². The average Bonchev–Trinajstić information content (AvgIpc) is 2.97. The van der Waals surface area contributed by atoms with Crippen LogP contribution in [0, 0.1) is 0 Å². The molecule has 0 aliphatic heterocycles. The summed E-state index contributed by atoms with van der Waals surface area (Å²) < 4.78 is 1.92. The number of aromatic nitrogens is 5. The summed E-state index contributed by atoms with van der Waals surface area (Å²) in [5.41, 5.74) is 2.64. The Balaban J connectivity index is 2.15. The summed E-state index contributed by atoms with van der Waals surface area (Å²) in [5, 5.41) is 24.5. The summed E-state index contributed by atoms with van der Waals surface area (Å²) in [6.07, 6.45) is 2.31. The number of aliphatic hydroxyl groups is 1. The molecule has 0 amide bonds. The number of hydrogen-bond donors (Lipinski definition) is 2. The Labute approximate surface area is 99.7 Å². The predicted molar refractivity (Wildman–Crippen MR) is 62.3 cm³/mol. The minimum Gasteiger partial charge on any atom is -0.386 e. The van der Waals surface area contributed by atoms with E-state index in [0.717, 1.165) is 24.4 Å². The molecule has 0 spiro atoms. The highest BCUT2D eigenvalue weighted by Crippen LogP contribution is 2.16. The van der Waals surface area contributed by atoms with Crippen LogP contribution in [0.15, 0.2) is 12.3 Å². The molecule has 0 saturated heterocycles. The van der Waals surface area contributed by atoms with Crippen molar-refractivity contribution in [3.05, 3.63) is 29.3 Å². The SMILES string of the molecule is CCc1cc(CC(O)c2cn[nH]n2)n(CC)n1. The lowest BCUT2D eigenvalue weighted by Crippen LogP contribution is -2.08. The molecule has 6 nitrogen and oxygen atoms in total. The number of aromatic amines is 1. The van der Waals surface area contributed by atoms with E-state index in [9.17, 15) is 5.11 Å². The Hall–Kier alpha value is -1.69. The summed E-state index contributed by atoms with van der Waals surface area (Å²) in [5.74, 6) is 0. The number of aryl methyl sites for hydroxylation is 2. The van der Waals surface area contributed by atoms with E-state index < -0.39 is 6.10 Å². The molecule has 1 atom stereocenters. The maximum atomic E-state index is 10.0. The molecule has 2 heterocycles. The monoisotopic (exact) mass is 235 g/mol. The molecule has 0 aromatic carbocycles. The maximum Gasteiger partial charge on any atom is 0.111 e. The second-order valence-electron chi connectivity index (χ2n) is 3.91. The third-order valence-corrected chi connectivity index (χ3v) is 2.75. The Morgan fingerprint density at radius 3 is 2.88 bits per heavy atom. The second kappa shape index (κ2) is 5.09. The highest BCUT2D eigenvalue weighted by molar-refractivity contribution is 5.13. The molecule has 0 fully saturated rings. The van der Waals surface area contributed by atoms with Gasteiger partial charge in [0, 0.05) is 18.7 Å². The van der Waals surface area contributed by atoms with E-state index in [2.05, 4.69) is 27.4 Å². The van der Waals surface area contributed by atoms with Gasteiger partial charge in [0.1, 0.15) is 11.8 Å². The van der Waals surface area contributed by atoms with E-state index >= 15 is 0 Å². The van der Waals surface area contributed by atoms with Crippen molar-refractivity contribution in [2.45, 2.75) is 39.3 Å². The van der Waals surface area contributed by atoms with Crippen molar-refractivity contribution >= 4 is 0 Å². The van der Waals surface area contributed by atoms with Gasteiger partial charge >= 0.3 is 0 Å². The maximum absolute atomic E-state index is 10.0. The molecule has 17 heavy (non-hydrogen) atoms. The first-order chi connectivity index (χ1) is 8.24. The number of nitrogens with zero attached hydrogens (tertiary/aromatic N) is 4. The van der Waals surface area contributed by atoms with Gasteiger partial charge in [-0.2, -0.15) is 20.5 Å². The number of H-pyrrole nitrogens is 1. The highest BCUT2D eigenvalue weighted by Gasteiger charge is 2.15. The first-order valence-electron chi connectivity index (χ1n) is 5.83. The van der Waals surface area contributed by atoms with Gasteiger partial charge in [-0.15, -0.1) is 0 Å². The van der Waals surface area contributed by atoms with Crippen LogP contribution in [0.25, 0.3) is 0 Å². The summed E-state index contributed by atoms with van der Waals surface area (Å²) in [7, 11) is 0. The van der Waals surface area contributed by atoms with Crippen molar-refractivity contribution in [1.29, 1.82) is 0 Å². The fraction of sp³-hybridized carbons (Fsp3) is 0.545. The molecular weight excluding hydrogens is 218 g/mol. The van der Waals surface area contributed by atoms with Crippen molar-refractivity contribution < 1.29 is 5.11 Å². The lowest BCUT2D eigenvalue weighted by molar-refractivity contribution is 0.170. The van der Waals surface area contributed by atoms with Crippen LogP contribution in [0.5, 0.6) is 0 Å². The van der Waals surface area contributed by atoms with E-state index in [-0.39, 0.29) is 0 Å². The van der Waals surface area contributed by atoms with Gasteiger partial charge in [0.05, 0.1) is 11.9 Å². The van der Waals surface area contributed by atoms with E-state index in [1.165, 1.54) is 6.20 Å². The molecule has 2 aromatic rings. The van der Waals surface area contributed by atoms with E-state index in [4.69, 9.17) is 0 Å². The highest BCUT2D eigenvalue weighted by atomic mass is 16.3. The third kappa shape index (κ3) is 2.52. The molecule has 2 rings (SSSR count). The smallest absolute Gasteiger partial charge is 0.111 e. The fourth-order valence-electron chi connectivity index (χ4n) is 1.80. The summed E-state index contributed by atoms with van der Waals surface area (Å²) in [4.78, 5) is 0. The molecule has 0 bridgehead atoms. The molecule has 0 radical (unpaired) electrons. The molecular formula is C11H17N5O. The Bertz CT molecular complexity index is 462. The van der Waals surface area contributed by atoms with Gasteiger partial charge in [-0.05, 0) is 19.4 Å². The Kier molecular flexibility index (Phi) is 3.53. The lowest BCUT2D eigenvalue weighted by Gasteiger charge is -2.08. The predicted octanol–water partition coefficient (Wildman–Crippen LogP) is 0.860. The van der Waals surface area contributed by atoms with Crippen LogP contribution in [-0.4, -0.2) is 30.3 Å². The van der Waals surface area contributed by atoms with Crippen molar-refractivity contribution in [2.75, 3.05) is 0 Å². The third-order valence-electron chi connectivity index (χ3n) is 2.75. The van der Waals surface area contributed by atoms with Crippen LogP contribution < -0.4 is 0 Å². The molecule has 0 saturated carbocycles. The van der Waals surface area contributed by atoms with E-state index in [0.29, 0.717) is 12.1 Å². The zero-order valence-electron chi connectivity index (χ0n) is 10.1. The fourth-order valence-corrected chi connectivity index (χ4v) is 1.80. The van der Waals surface area contributed by atoms with Gasteiger partial charge in [-0.3, -0.25) is 4.68 Å². The normalized spacial score (nSPS) is 12.9. The Morgan fingerprint density at radius 1 is 1.47 bits per heavy atom. The van der Waals surface area contributed by atoms with Crippen molar-refractivity contribution in [2.24, 2.45) is 0 Å². The number of rotatable bonds is 5. The molecule has 1 unspecified atom stereocenters. The van der Waals surface area contributed by atoms with Crippen molar-refractivity contribution in [1.82, 2.24) is 25.2 Å².